The molecule has 1 saturated heterocycles. The SMILES string of the molecule is CC(C)(C)SNC1(C)COc2cc(B3OC(C)(C)C(C)(C)O3)ccc21. The molecule has 1 aromatic rings. The minimum Gasteiger partial charge on any atom is -0.491 e. The number of fused-ring (bicyclic) bond motifs is 1. The summed E-state index contributed by atoms with van der Waals surface area (Å²) in [6.45, 7) is 17.7. The molecule has 0 aliphatic carbocycles. The molecule has 1 unspecified atom stereocenters. The van der Waals surface area contributed by atoms with Gasteiger partial charge in [-0.2, -0.15) is 0 Å². The fourth-order valence-corrected chi connectivity index (χ4v) is 3.59. The molecule has 1 atom stereocenters. The normalized spacial score (nSPS) is 27.3. The van der Waals surface area contributed by atoms with Crippen LogP contribution in [0.1, 0.15) is 61.0 Å². The third kappa shape index (κ3) is 3.59. The van der Waals surface area contributed by atoms with E-state index in [2.05, 4.69) is 78.3 Å². The minimum atomic E-state index is -0.359. The predicted octanol–water partition coefficient (Wildman–Crippen LogP) is 3.63. The van der Waals surface area contributed by atoms with E-state index in [4.69, 9.17) is 14.0 Å². The zero-order chi connectivity index (χ0) is 18.7. The van der Waals surface area contributed by atoms with Crippen molar-refractivity contribution in [2.24, 2.45) is 0 Å². The van der Waals surface area contributed by atoms with Gasteiger partial charge in [0.2, 0.25) is 0 Å². The molecular weight excluding hydrogens is 333 g/mol. The van der Waals surface area contributed by atoms with Gasteiger partial charge in [-0.05, 0) is 66.9 Å². The van der Waals surface area contributed by atoms with Gasteiger partial charge in [-0.25, -0.2) is 4.72 Å². The lowest BCUT2D eigenvalue weighted by atomic mass is 9.78. The van der Waals surface area contributed by atoms with Crippen LogP contribution in [0.4, 0.5) is 0 Å². The molecule has 1 N–H and O–H groups in total. The third-order valence-corrected chi connectivity index (χ3v) is 6.39. The fraction of sp³-hybridized carbons (Fsp3) is 0.684. The quantitative estimate of drug-likeness (QED) is 0.656. The van der Waals surface area contributed by atoms with Crippen LogP contribution < -0.4 is 14.9 Å². The van der Waals surface area contributed by atoms with E-state index in [1.807, 2.05) is 0 Å². The largest absolute Gasteiger partial charge is 0.494 e. The maximum Gasteiger partial charge on any atom is 0.494 e. The molecule has 25 heavy (non-hydrogen) atoms. The summed E-state index contributed by atoms with van der Waals surface area (Å²) in [5.41, 5.74) is 1.32. The first-order chi connectivity index (χ1) is 11.3. The summed E-state index contributed by atoms with van der Waals surface area (Å²) >= 11 is 1.74. The maximum atomic E-state index is 6.16. The number of hydrogen-bond acceptors (Lipinski definition) is 5. The number of ether oxygens (including phenoxy) is 1. The molecule has 6 heteroatoms. The lowest BCUT2D eigenvalue weighted by molar-refractivity contribution is 0.00578. The van der Waals surface area contributed by atoms with Crippen LogP contribution in [0.5, 0.6) is 5.75 Å². The molecule has 0 bridgehead atoms. The first-order valence-corrected chi connectivity index (χ1v) is 9.73. The van der Waals surface area contributed by atoms with E-state index < -0.39 is 0 Å². The van der Waals surface area contributed by atoms with Crippen molar-refractivity contribution in [1.82, 2.24) is 4.72 Å². The van der Waals surface area contributed by atoms with Gasteiger partial charge in [0.05, 0.1) is 16.7 Å². The molecule has 0 spiro atoms. The van der Waals surface area contributed by atoms with Crippen molar-refractivity contribution in [3.05, 3.63) is 23.8 Å². The van der Waals surface area contributed by atoms with E-state index in [-0.39, 0.29) is 28.6 Å². The van der Waals surface area contributed by atoms with Gasteiger partial charge in [0.15, 0.2) is 0 Å². The van der Waals surface area contributed by atoms with Gasteiger partial charge < -0.3 is 14.0 Å². The van der Waals surface area contributed by atoms with E-state index in [1.165, 1.54) is 5.56 Å². The van der Waals surface area contributed by atoms with Gasteiger partial charge in [0.1, 0.15) is 12.4 Å². The zero-order valence-electron chi connectivity index (χ0n) is 16.6. The van der Waals surface area contributed by atoms with Gasteiger partial charge in [-0.15, -0.1) is 0 Å². The summed E-state index contributed by atoms with van der Waals surface area (Å²) in [6.07, 6.45) is 0. The summed E-state index contributed by atoms with van der Waals surface area (Å²) < 4.78 is 22.1. The Morgan fingerprint density at radius 3 is 2.20 bits per heavy atom. The highest BCUT2D eigenvalue weighted by Gasteiger charge is 2.52. The molecule has 0 aromatic heterocycles. The Labute approximate surface area is 156 Å². The second-order valence-corrected chi connectivity index (χ2v) is 10.9. The zero-order valence-corrected chi connectivity index (χ0v) is 17.5. The number of nitrogens with one attached hydrogen (secondary N) is 1. The van der Waals surface area contributed by atoms with Crippen molar-refractivity contribution in [3.8, 4) is 5.75 Å². The van der Waals surface area contributed by atoms with Crippen molar-refractivity contribution in [2.75, 3.05) is 6.61 Å². The Morgan fingerprint density at radius 2 is 1.64 bits per heavy atom. The van der Waals surface area contributed by atoms with Gasteiger partial charge in [0, 0.05) is 10.3 Å². The van der Waals surface area contributed by atoms with Crippen molar-refractivity contribution < 1.29 is 14.0 Å². The van der Waals surface area contributed by atoms with Crippen LogP contribution in [0, 0.1) is 0 Å². The van der Waals surface area contributed by atoms with Crippen LogP contribution in [-0.2, 0) is 14.8 Å². The van der Waals surface area contributed by atoms with Crippen LogP contribution in [0.2, 0.25) is 0 Å². The van der Waals surface area contributed by atoms with Gasteiger partial charge in [0.25, 0.3) is 0 Å². The van der Waals surface area contributed by atoms with Crippen LogP contribution in [0.3, 0.4) is 0 Å². The molecule has 2 aliphatic heterocycles. The molecule has 2 aliphatic rings. The number of rotatable bonds is 3. The van der Waals surface area contributed by atoms with Gasteiger partial charge in [-0.3, -0.25) is 0 Å². The lowest BCUT2D eigenvalue weighted by Crippen LogP contribution is -2.41. The molecular formula is C19H30BNO3S. The molecule has 4 nitrogen and oxygen atoms in total. The maximum absolute atomic E-state index is 6.16. The monoisotopic (exact) mass is 363 g/mol. The molecule has 2 heterocycles. The van der Waals surface area contributed by atoms with Crippen LogP contribution in [0.15, 0.2) is 18.2 Å². The Morgan fingerprint density at radius 1 is 1.04 bits per heavy atom. The molecule has 0 radical (unpaired) electrons. The van der Waals surface area contributed by atoms with Gasteiger partial charge in [-0.1, -0.05) is 24.1 Å². The Bertz CT molecular complexity index is 655. The van der Waals surface area contributed by atoms with Crippen LogP contribution in [-0.4, -0.2) is 29.7 Å². The van der Waals surface area contributed by atoms with E-state index in [9.17, 15) is 0 Å². The third-order valence-electron chi connectivity index (χ3n) is 5.22. The van der Waals surface area contributed by atoms with E-state index >= 15 is 0 Å². The van der Waals surface area contributed by atoms with E-state index in [1.54, 1.807) is 11.9 Å². The highest BCUT2D eigenvalue weighted by molar-refractivity contribution is 7.98. The Hall–Kier alpha value is -0.685. The summed E-state index contributed by atoms with van der Waals surface area (Å²) in [5, 5.41) is 0. The Kier molecular flexibility index (Phi) is 4.51. The average molecular weight is 363 g/mol. The van der Waals surface area contributed by atoms with Crippen molar-refractivity contribution >= 4 is 24.5 Å². The predicted molar refractivity (Wildman–Crippen MR) is 105 cm³/mol. The second kappa shape index (κ2) is 5.91. The minimum absolute atomic E-state index is 0.147. The average Bonchev–Trinajstić information content (AvgIpc) is 2.91. The summed E-state index contributed by atoms with van der Waals surface area (Å²) in [5.74, 6) is 0.914. The highest BCUT2D eigenvalue weighted by Crippen LogP contribution is 2.40. The summed E-state index contributed by atoms with van der Waals surface area (Å²) in [6, 6.07) is 6.29. The van der Waals surface area contributed by atoms with Crippen LogP contribution in [0.25, 0.3) is 0 Å². The smallest absolute Gasteiger partial charge is 0.491 e. The van der Waals surface area contributed by atoms with E-state index in [0.29, 0.717) is 6.61 Å². The first-order valence-electron chi connectivity index (χ1n) is 8.91. The first kappa shape index (κ1) is 19.1. The standard InChI is InChI=1S/C19H30BNO3S/c1-16(2,3)25-21-19(8)12-22-15-11-13(9-10-14(15)19)20-23-17(4,5)18(6,7)24-20/h9-11,21H,12H2,1-8H3. The highest BCUT2D eigenvalue weighted by atomic mass is 32.2. The topological polar surface area (TPSA) is 39.7 Å². The van der Waals surface area contributed by atoms with Crippen LogP contribution >= 0.6 is 11.9 Å². The fourth-order valence-electron chi connectivity index (χ4n) is 2.89. The molecule has 1 fully saturated rings. The number of benzene rings is 1. The Balaban J connectivity index is 1.81. The van der Waals surface area contributed by atoms with Crippen molar-refractivity contribution in [3.63, 3.8) is 0 Å². The van der Waals surface area contributed by atoms with Gasteiger partial charge >= 0.3 is 7.12 Å². The molecule has 138 valence electrons. The molecule has 0 amide bonds. The van der Waals surface area contributed by atoms with Crippen molar-refractivity contribution in [2.45, 2.75) is 76.9 Å². The molecule has 3 rings (SSSR count). The van der Waals surface area contributed by atoms with E-state index in [0.717, 1.165) is 11.2 Å². The molecule has 1 aromatic carbocycles. The summed E-state index contributed by atoms with van der Waals surface area (Å²) in [7, 11) is -0.359. The number of hydrogen-bond donors (Lipinski definition) is 1. The lowest BCUT2D eigenvalue weighted by Gasteiger charge is -2.32. The van der Waals surface area contributed by atoms with Crippen molar-refractivity contribution in [1.29, 1.82) is 0 Å². The molecule has 0 saturated carbocycles. The second-order valence-electron chi connectivity index (χ2n) is 9.28. The summed E-state index contributed by atoms with van der Waals surface area (Å²) in [4.78, 5) is 0.